The Morgan fingerprint density at radius 1 is 1.10 bits per heavy atom. The molecule has 0 aliphatic rings. The quantitative estimate of drug-likeness (QED) is 0.368. The zero-order valence-corrected chi connectivity index (χ0v) is 16.6. The topological polar surface area (TPSA) is 63.8 Å². The van der Waals surface area contributed by atoms with E-state index in [0.717, 1.165) is 12.1 Å². The molecule has 0 aliphatic carbocycles. The fraction of sp³-hybridized carbons (Fsp3) is 0.100. The van der Waals surface area contributed by atoms with E-state index in [1.165, 1.54) is 30.5 Å². The fourth-order valence-corrected chi connectivity index (χ4v) is 2.76. The predicted molar refractivity (Wildman–Crippen MR) is 106 cm³/mol. The average molecular weight is 457 g/mol. The summed E-state index contributed by atoms with van der Waals surface area (Å²) in [5.74, 6) is 0.136. The van der Waals surface area contributed by atoms with Gasteiger partial charge in [-0.2, -0.15) is 18.3 Å². The molecule has 0 saturated heterocycles. The molecular weight excluding hydrogens is 444 g/mol. The van der Waals surface area contributed by atoms with Gasteiger partial charge in [-0.3, -0.25) is 4.79 Å². The Labute approximate surface area is 179 Å². The minimum Gasteiger partial charge on any atom is -0.484 e. The summed E-state index contributed by atoms with van der Waals surface area (Å²) in [4.78, 5) is 12.1. The Hall–Kier alpha value is -2.97. The maximum absolute atomic E-state index is 12.5. The number of nitrogens with zero attached hydrogens (tertiary/aromatic N) is 1. The highest BCUT2D eigenvalue weighted by molar-refractivity contribution is 6.35. The Kier molecular flexibility index (Phi) is 6.69. The summed E-state index contributed by atoms with van der Waals surface area (Å²) >= 11 is 11.8. The van der Waals surface area contributed by atoms with Crippen LogP contribution in [0.1, 0.15) is 27.4 Å². The molecule has 0 radical (unpaired) electrons. The van der Waals surface area contributed by atoms with Gasteiger partial charge in [-0.15, -0.1) is 0 Å². The molecule has 1 heterocycles. The highest BCUT2D eigenvalue weighted by Gasteiger charge is 2.29. The first-order chi connectivity index (χ1) is 14.2. The molecule has 1 amide bonds. The zero-order chi connectivity index (χ0) is 21.7. The molecule has 5 nitrogen and oxygen atoms in total. The van der Waals surface area contributed by atoms with Gasteiger partial charge in [0.2, 0.25) is 0 Å². The highest BCUT2D eigenvalue weighted by atomic mass is 35.5. The Bertz CT molecular complexity index is 1060. The van der Waals surface area contributed by atoms with E-state index in [0.29, 0.717) is 27.1 Å². The lowest BCUT2D eigenvalue weighted by molar-refractivity contribution is -0.137. The third-order valence-corrected chi connectivity index (χ3v) is 4.30. The van der Waals surface area contributed by atoms with Gasteiger partial charge in [0.15, 0.2) is 5.76 Å². The highest BCUT2D eigenvalue weighted by Crippen LogP contribution is 2.29. The molecule has 0 saturated carbocycles. The van der Waals surface area contributed by atoms with Gasteiger partial charge in [0.05, 0.1) is 16.8 Å². The first-order valence-corrected chi connectivity index (χ1v) is 9.15. The van der Waals surface area contributed by atoms with Crippen molar-refractivity contribution in [2.75, 3.05) is 0 Å². The van der Waals surface area contributed by atoms with Crippen LogP contribution >= 0.6 is 23.2 Å². The first kappa shape index (κ1) is 21.7. The van der Waals surface area contributed by atoms with Crippen molar-refractivity contribution in [3.05, 3.63) is 87.3 Å². The van der Waals surface area contributed by atoms with E-state index in [2.05, 4.69) is 10.5 Å². The molecule has 30 heavy (non-hydrogen) atoms. The number of carbonyl (C=O) groups is 1. The summed E-state index contributed by atoms with van der Waals surface area (Å²) in [6.45, 7) is 0.0312. The number of hydrogen-bond donors (Lipinski definition) is 1. The van der Waals surface area contributed by atoms with Crippen LogP contribution in [0.2, 0.25) is 10.0 Å². The molecule has 1 aromatic heterocycles. The standard InChI is InChI=1S/C20H13Cl2F3N2O3/c21-14-5-7-17(16(22)9-14)29-11-15-6-8-18(30-15)19(28)27-26-10-12-1-3-13(4-2-12)20(23,24)25/h1-10H,11H2,(H,27,28)/b26-10-. The Balaban J connectivity index is 1.54. The minimum atomic E-state index is -4.41. The van der Waals surface area contributed by atoms with Crippen molar-refractivity contribution in [3.63, 3.8) is 0 Å². The van der Waals surface area contributed by atoms with E-state index in [1.807, 2.05) is 0 Å². The lowest BCUT2D eigenvalue weighted by Crippen LogP contribution is -2.16. The number of rotatable bonds is 6. The van der Waals surface area contributed by atoms with Crippen LogP contribution in [-0.2, 0) is 12.8 Å². The molecule has 3 aromatic rings. The van der Waals surface area contributed by atoms with E-state index >= 15 is 0 Å². The maximum Gasteiger partial charge on any atom is 0.416 e. The number of amides is 1. The van der Waals surface area contributed by atoms with Crippen molar-refractivity contribution in [2.24, 2.45) is 5.10 Å². The van der Waals surface area contributed by atoms with E-state index in [4.69, 9.17) is 32.4 Å². The number of hydrogen-bond acceptors (Lipinski definition) is 4. The molecule has 0 aliphatic heterocycles. The lowest BCUT2D eigenvalue weighted by Gasteiger charge is -2.06. The van der Waals surface area contributed by atoms with Crippen LogP contribution < -0.4 is 10.2 Å². The molecular formula is C20H13Cl2F3N2O3. The normalized spacial score (nSPS) is 11.6. The van der Waals surface area contributed by atoms with E-state index < -0.39 is 17.6 Å². The summed E-state index contributed by atoms with van der Waals surface area (Å²) in [7, 11) is 0. The van der Waals surface area contributed by atoms with Crippen LogP contribution in [0.25, 0.3) is 0 Å². The zero-order valence-electron chi connectivity index (χ0n) is 15.0. The molecule has 156 valence electrons. The number of benzene rings is 2. The molecule has 2 aromatic carbocycles. The monoisotopic (exact) mass is 456 g/mol. The van der Waals surface area contributed by atoms with Crippen LogP contribution in [0.3, 0.4) is 0 Å². The maximum atomic E-state index is 12.5. The first-order valence-electron chi connectivity index (χ1n) is 8.39. The van der Waals surface area contributed by atoms with Crippen LogP contribution in [0.15, 0.2) is 64.1 Å². The van der Waals surface area contributed by atoms with Crippen molar-refractivity contribution in [3.8, 4) is 5.75 Å². The lowest BCUT2D eigenvalue weighted by atomic mass is 10.1. The van der Waals surface area contributed by atoms with Crippen molar-refractivity contribution in [2.45, 2.75) is 12.8 Å². The van der Waals surface area contributed by atoms with Gasteiger partial charge in [0, 0.05) is 5.02 Å². The molecule has 3 rings (SSSR count). The van der Waals surface area contributed by atoms with Gasteiger partial charge < -0.3 is 9.15 Å². The molecule has 0 bridgehead atoms. The van der Waals surface area contributed by atoms with Gasteiger partial charge >= 0.3 is 12.1 Å². The van der Waals surface area contributed by atoms with Crippen molar-refractivity contribution in [1.29, 1.82) is 0 Å². The molecule has 1 N–H and O–H groups in total. The Morgan fingerprint density at radius 3 is 2.50 bits per heavy atom. The van der Waals surface area contributed by atoms with Gasteiger partial charge in [0.25, 0.3) is 0 Å². The van der Waals surface area contributed by atoms with E-state index in [-0.39, 0.29) is 12.4 Å². The summed E-state index contributed by atoms with van der Waals surface area (Å²) in [6.07, 6.45) is -3.20. The van der Waals surface area contributed by atoms with Gasteiger partial charge in [0.1, 0.15) is 18.1 Å². The second-order valence-corrected chi connectivity index (χ2v) is 6.79. The average Bonchev–Trinajstić information content (AvgIpc) is 3.16. The predicted octanol–water partition coefficient (Wildman–Crippen LogP) is 5.95. The van der Waals surface area contributed by atoms with Crippen LogP contribution in [-0.4, -0.2) is 12.1 Å². The van der Waals surface area contributed by atoms with Gasteiger partial charge in [-0.25, -0.2) is 5.43 Å². The number of halogens is 5. The molecule has 10 heteroatoms. The number of ether oxygens (including phenoxy) is 1. The third kappa shape index (κ3) is 5.77. The van der Waals surface area contributed by atoms with E-state index in [1.54, 1.807) is 18.2 Å². The summed E-state index contributed by atoms with van der Waals surface area (Å²) in [5.41, 5.74) is 1.85. The van der Waals surface area contributed by atoms with Crippen LogP contribution in [0, 0.1) is 0 Å². The largest absolute Gasteiger partial charge is 0.484 e. The minimum absolute atomic E-state index is 0.0135. The summed E-state index contributed by atoms with van der Waals surface area (Å²) in [5, 5.41) is 4.52. The van der Waals surface area contributed by atoms with Crippen molar-refractivity contribution < 1.29 is 27.1 Å². The Morgan fingerprint density at radius 2 is 1.83 bits per heavy atom. The van der Waals surface area contributed by atoms with Gasteiger partial charge in [-0.1, -0.05) is 35.3 Å². The second-order valence-electron chi connectivity index (χ2n) is 5.95. The fourth-order valence-electron chi connectivity index (χ4n) is 2.30. The number of nitrogens with one attached hydrogen (secondary N) is 1. The SMILES string of the molecule is O=C(N/N=C\c1ccc(C(F)(F)F)cc1)c1ccc(COc2ccc(Cl)cc2Cl)o1. The number of alkyl halides is 3. The third-order valence-electron chi connectivity index (χ3n) is 3.77. The number of hydrazone groups is 1. The number of carbonyl (C=O) groups excluding carboxylic acids is 1. The molecule has 0 unspecified atom stereocenters. The second kappa shape index (κ2) is 9.23. The van der Waals surface area contributed by atoms with Gasteiger partial charge in [-0.05, 0) is 48.0 Å². The summed E-state index contributed by atoms with van der Waals surface area (Å²) in [6, 6.07) is 12.1. The molecule has 0 spiro atoms. The molecule has 0 fully saturated rings. The molecule has 0 atom stereocenters. The van der Waals surface area contributed by atoms with Crippen molar-refractivity contribution >= 4 is 35.3 Å². The smallest absolute Gasteiger partial charge is 0.416 e. The summed E-state index contributed by atoms with van der Waals surface area (Å²) < 4.78 is 48.5. The van der Waals surface area contributed by atoms with Crippen LogP contribution in [0.5, 0.6) is 5.75 Å². The van der Waals surface area contributed by atoms with Crippen LogP contribution in [0.4, 0.5) is 13.2 Å². The van der Waals surface area contributed by atoms with E-state index in [9.17, 15) is 18.0 Å². The number of furan rings is 1. The van der Waals surface area contributed by atoms with Crippen molar-refractivity contribution in [1.82, 2.24) is 5.43 Å².